The SMILES string of the molecule is C=CCN(CC=C)C(=O)CSc1cc(Cl)ccc1N. The van der Waals surface area contributed by atoms with E-state index >= 15 is 0 Å². The number of halogens is 1. The smallest absolute Gasteiger partial charge is 0.233 e. The Labute approximate surface area is 123 Å². The van der Waals surface area contributed by atoms with Gasteiger partial charge in [0.25, 0.3) is 0 Å². The normalized spacial score (nSPS) is 9.95. The van der Waals surface area contributed by atoms with Gasteiger partial charge in [-0.1, -0.05) is 23.8 Å². The van der Waals surface area contributed by atoms with E-state index in [1.807, 2.05) is 0 Å². The summed E-state index contributed by atoms with van der Waals surface area (Å²) < 4.78 is 0. The third-order valence-corrected chi connectivity index (χ3v) is 3.67. The van der Waals surface area contributed by atoms with Gasteiger partial charge in [-0.05, 0) is 18.2 Å². The second-order valence-corrected chi connectivity index (χ2v) is 5.30. The highest BCUT2D eigenvalue weighted by atomic mass is 35.5. The number of nitrogens with zero attached hydrogens (tertiary/aromatic N) is 1. The zero-order valence-electron chi connectivity index (χ0n) is 10.6. The lowest BCUT2D eigenvalue weighted by Gasteiger charge is -2.19. The van der Waals surface area contributed by atoms with Crippen LogP contribution in [0.4, 0.5) is 5.69 Å². The molecule has 0 radical (unpaired) electrons. The molecule has 0 aliphatic rings. The van der Waals surface area contributed by atoms with E-state index in [0.717, 1.165) is 4.90 Å². The van der Waals surface area contributed by atoms with Gasteiger partial charge in [-0.15, -0.1) is 24.9 Å². The Hall–Kier alpha value is -1.39. The van der Waals surface area contributed by atoms with Crippen LogP contribution in [0, 0.1) is 0 Å². The lowest BCUT2D eigenvalue weighted by Crippen LogP contribution is -2.32. The van der Waals surface area contributed by atoms with Gasteiger partial charge in [0.1, 0.15) is 0 Å². The Balaban J connectivity index is 2.63. The van der Waals surface area contributed by atoms with E-state index < -0.39 is 0 Å². The van der Waals surface area contributed by atoms with Crippen LogP contribution < -0.4 is 5.73 Å². The van der Waals surface area contributed by atoms with Crippen LogP contribution in [0.3, 0.4) is 0 Å². The molecule has 0 saturated carbocycles. The van der Waals surface area contributed by atoms with Gasteiger partial charge < -0.3 is 10.6 Å². The molecule has 0 aromatic heterocycles. The van der Waals surface area contributed by atoms with Gasteiger partial charge in [0.2, 0.25) is 5.91 Å². The molecule has 0 saturated heterocycles. The highest BCUT2D eigenvalue weighted by Crippen LogP contribution is 2.28. The van der Waals surface area contributed by atoms with Crippen molar-refractivity contribution in [2.24, 2.45) is 0 Å². The van der Waals surface area contributed by atoms with E-state index in [4.69, 9.17) is 17.3 Å². The quantitative estimate of drug-likeness (QED) is 0.477. The minimum atomic E-state index is 0.0178. The summed E-state index contributed by atoms with van der Waals surface area (Å²) in [6, 6.07) is 5.23. The van der Waals surface area contributed by atoms with Crippen LogP contribution in [-0.4, -0.2) is 29.6 Å². The molecule has 0 atom stereocenters. The summed E-state index contributed by atoms with van der Waals surface area (Å²) in [7, 11) is 0. The summed E-state index contributed by atoms with van der Waals surface area (Å²) in [5, 5.41) is 0.609. The van der Waals surface area contributed by atoms with Crippen LogP contribution in [0.15, 0.2) is 48.4 Å². The average molecular weight is 297 g/mol. The van der Waals surface area contributed by atoms with Crippen molar-refractivity contribution < 1.29 is 4.79 Å². The van der Waals surface area contributed by atoms with Crippen molar-refractivity contribution in [3.63, 3.8) is 0 Å². The molecule has 0 spiro atoms. The number of thioether (sulfide) groups is 1. The van der Waals surface area contributed by atoms with Crippen molar-refractivity contribution >= 4 is 35.0 Å². The van der Waals surface area contributed by atoms with Crippen molar-refractivity contribution in [3.05, 3.63) is 48.5 Å². The summed E-state index contributed by atoms with van der Waals surface area (Å²) in [4.78, 5) is 14.5. The molecule has 1 amide bonds. The van der Waals surface area contributed by atoms with Crippen LogP contribution in [0.25, 0.3) is 0 Å². The first-order chi connectivity index (χ1) is 9.08. The van der Waals surface area contributed by atoms with E-state index in [-0.39, 0.29) is 5.91 Å². The Morgan fingerprint density at radius 3 is 2.58 bits per heavy atom. The molecule has 5 heteroatoms. The molecule has 0 unspecified atom stereocenters. The first-order valence-electron chi connectivity index (χ1n) is 5.76. The monoisotopic (exact) mass is 296 g/mol. The van der Waals surface area contributed by atoms with Gasteiger partial charge in [-0.3, -0.25) is 4.79 Å². The second-order valence-electron chi connectivity index (χ2n) is 3.85. The maximum Gasteiger partial charge on any atom is 0.233 e. The Morgan fingerprint density at radius 2 is 2.00 bits per heavy atom. The highest BCUT2D eigenvalue weighted by molar-refractivity contribution is 8.00. The molecule has 102 valence electrons. The first-order valence-corrected chi connectivity index (χ1v) is 7.12. The maximum atomic E-state index is 12.0. The lowest BCUT2D eigenvalue weighted by atomic mass is 10.3. The largest absolute Gasteiger partial charge is 0.398 e. The number of amides is 1. The van der Waals surface area contributed by atoms with Crippen LogP contribution in [0.1, 0.15) is 0 Å². The predicted molar refractivity (Wildman–Crippen MR) is 83.6 cm³/mol. The number of nitrogen functional groups attached to an aromatic ring is 1. The van der Waals surface area contributed by atoms with Crippen LogP contribution in [0.2, 0.25) is 5.02 Å². The van der Waals surface area contributed by atoms with Gasteiger partial charge in [0, 0.05) is 28.7 Å². The fraction of sp³-hybridized carbons (Fsp3) is 0.214. The van der Waals surface area contributed by atoms with Gasteiger partial charge in [-0.25, -0.2) is 0 Å². The summed E-state index contributed by atoms with van der Waals surface area (Å²) in [5.41, 5.74) is 6.46. The van der Waals surface area contributed by atoms with E-state index in [9.17, 15) is 4.79 Å². The molecule has 0 fully saturated rings. The van der Waals surface area contributed by atoms with Crippen LogP contribution in [-0.2, 0) is 4.79 Å². The average Bonchev–Trinajstić information content (AvgIpc) is 2.39. The number of benzene rings is 1. The first kappa shape index (κ1) is 15.7. The molecule has 1 aromatic rings. The molecule has 0 bridgehead atoms. The number of carbonyl (C=O) groups is 1. The third-order valence-electron chi connectivity index (χ3n) is 2.38. The van der Waals surface area contributed by atoms with Crippen molar-refractivity contribution in [2.75, 3.05) is 24.6 Å². The van der Waals surface area contributed by atoms with Crippen molar-refractivity contribution in [2.45, 2.75) is 4.90 Å². The van der Waals surface area contributed by atoms with E-state index in [2.05, 4.69) is 13.2 Å². The van der Waals surface area contributed by atoms with E-state index in [0.29, 0.717) is 29.6 Å². The summed E-state index contributed by atoms with van der Waals surface area (Å²) in [6.07, 6.45) is 3.39. The van der Waals surface area contributed by atoms with Gasteiger partial charge in [-0.2, -0.15) is 0 Å². The topological polar surface area (TPSA) is 46.3 Å². The fourth-order valence-electron chi connectivity index (χ4n) is 1.45. The predicted octanol–water partition coefficient (Wildman–Crippen LogP) is 3.21. The Morgan fingerprint density at radius 1 is 1.37 bits per heavy atom. The van der Waals surface area contributed by atoms with Crippen molar-refractivity contribution in [1.82, 2.24) is 4.90 Å². The highest BCUT2D eigenvalue weighted by Gasteiger charge is 2.12. The van der Waals surface area contributed by atoms with Crippen LogP contribution >= 0.6 is 23.4 Å². The number of hydrogen-bond acceptors (Lipinski definition) is 3. The second kappa shape index (κ2) is 7.92. The molecular weight excluding hydrogens is 280 g/mol. The molecule has 0 aliphatic heterocycles. The summed E-state index contributed by atoms with van der Waals surface area (Å²) >= 11 is 7.28. The number of anilines is 1. The third kappa shape index (κ3) is 5.01. The van der Waals surface area contributed by atoms with E-state index in [1.54, 1.807) is 35.3 Å². The molecule has 0 aliphatic carbocycles. The minimum Gasteiger partial charge on any atom is -0.398 e. The summed E-state index contributed by atoms with van der Waals surface area (Å²) in [6.45, 7) is 8.29. The molecule has 0 heterocycles. The van der Waals surface area contributed by atoms with Crippen LogP contribution in [0.5, 0.6) is 0 Å². The van der Waals surface area contributed by atoms with Gasteiger partial charge in [0.15, 0.2) is 0 Å². The van der Waals surface area contributed by atoms with Gasteiger partial charge in [0.05, 0.1) is 5.75 Å². The molecule has 1 aromatic carbocycles. The van der Waals surface area contributed by atoms with E-state index in [1.165, 1.54) is 11.8 Å². The zero-order valence-corrected chi connectivity index (χ0v) is 12.2. The number of hydrogen-bond donors (Lipinski definition) is 1. The van der Waals surface area contributed by atoms with Crippen molar-refractivity contribution in [3.8, 4) is 0 Å². The molecule has 1 rings (SSSR count). The summed E-state index contributed by atoms with van der Waals surface area (Å²) in [5.74, 6) is 0.329. The maximum absolute atomic E-state index is 12.0. The lowest BCUT2D eigenvalue weighted by molar-refractivity contribution is -0.127. The Kier molecular flexibility index (Phi) is 6.53. The molecule has 3 nitrogen and oxygen atoms in total. The minimum absolute atomic E-state index is 0.0178. The molecule has 19 heavy (non-hydrogen) atoms. The molecule has 2 N–H and O–H groups in total. The zero-order chi connectivity index (χ0) is 14.3. The van der Waals surface area contributed by atoms with Crippen molar-refractivity contribution in [1.29, 1.82) is 0 Å². The number of rotatable bonds is 7. The number of nitrogens with two attached hydrogens (primary N) is 1. The fourth-order valence-corrected chi connectivity index (χ4v) is 2.60. The Bertz CT molecular complexity index is 467. The molecular formula is C14H17ClN2OS. The number of carbonyl (C=O) groups excluding carboxylic acids is 1. The van der Waals surface area contributed by atoms with Gasteiger partial charge >= 0.3 is 0 Å². The standard InChI is InChI=1S/C14H17ClN2OS/c1-3-7-17(8-4-2)14(18)10-19-13-9-11(15)5-6-12(13)16/h3-6,9H,1-2,7-8,10,16H2.